The van der Waals surface area contributed by atoms with Crippen molar-refractivity contribution in [2.75, 3.05) is 31.1 Å². The minimum absolute atomic E-state index is 0.00254. The van der Waals surface area contributed by atoms with Gasteiger partial charge in [0.05, 0.1) is 12.2 Å². The zero-order chi connectivity index (χ0) is 21.8. The third-order valence-corrected chi connectivity index (χ3v) is 6.68. The molecule has 0 atom stereocenters. The van der Waals surface area contributed by atoms with Crippen molar-refractivity contribution in [1.29, 1.82) is 0 Å². The van der Waals surface area contributed by atoms with Crippen LogP contribution < -0.4 is 4.90 Å². The maximum absolute atomic E-state index is 12.8. The highest BCUT2D eigenvalue weighted by Crippen LogP contribution is 2.23. The van der Waals surface area contributed by atoms with E-state index < -0.39 is 0 Å². The van der Waals surface area contributed by atoms with Crippen LogP contribution in [-0.4, -0.2) is 51.8 Å². The molecule has 1 aromatic carbocycles. The van der Waals surface area contributed by atoms with E-state index in [2.05, 4.69) is 46.2 Å². The van der Waals surface area contributed by atoms with Gasteiger partial charge in [-0.25, -0.2) is 9.67 Å². The van der Waals surface area contributed by atoms with Crippen LogP contribution in [0, 0.1) is 13.8 Å². The summed E-state index contributed by atoms with van der Waals surface area (Å²) in [6.45, 7) is 7.71. The van der Waals surface area contributed by atoms with Crippen molar-refractivity contribution >= 4 is 40.1 Å². The molecule has 162 valence electrons. The molecule has 1 fully saturated rings. The average molecular weight is 456 g/mol. The topological polar surface area (TPSA) is 54.3 Å². The first kappa shape index (κ1) is 21.6. The summed E-state index contributed by atoms with van der Waals surface area (Å²) in [6, 6.07) is 8.32. The van der Waals surface area contributed by atoms with Gasteiger partial charge in [-0.05, 0) is 31.9 Å². The molecule has 3 aromatic rings. The zero-order valence-corrected chi connectivity index (χ0v) is 19.4. The number of anilines is 1. The number of amides is 1. The normalized spacial score (nSPS) is 14.9. The standard InChI is InChI=1S/C23H26ClN5OS/c1-17-4-6-19(7-5-17)16-29-22(24)20(18(2)26-29)8-9-21(30)27-11-3-12-28(14-13-27)23-25-10-15-31-23/h4-10,15H,3,11-14,16H2,1-2H3/b9-8+. The highest BCUT2D eigenvalue weighted by Gasteiger charge is 2.19. The Kier molecular flexibility index (Phi) is 6.73. The summed E-state index contributed by atoms with van der Waals surface area (Å²) >= 11 is 8.23. The molecule has 0 radical (unpaired) electrons. The Hall–Kier alpha value is -2.64. The number of thiazole rings is 1. The van der Waals surface area contributed by atoms with Crippen LogP contribution in [0.25, 0.3) is 6.08 Å². The summed E-state index contributed by atoms with van der Waals surface area (Å²) in [5, 5.41) is 8.12. The van der Waals surface area contributed by atoms with Crippen molar-refractivity contribution in [3.63, 3.8) is 0 Å². The number of aryl methyl sites for hydroxylation is 2. The Morgan fingerprint density at radius 3 is 2.71 bits per heavy atom. The van der Waals surface area contributed by atoms with Crippen LogP contribution in [0.1, 0.15) is 28.8 Å². The van der Waals surface area contributed by atoms with Crippen LogP contribution in [-0.2, 0) is 11.3 Å². The number of benzene rings is 1. The molecule has 31 heavy (non-hydrogen) atoms. The number of aromatic nitrogens is 3. The lowest BCUT2D eigenvalue weighted by Gasteiger charge is -2.20. The van der Waals surface area contributed by atoms with Crippen molar-refractivity contribution in [3.8, 4) is 0 Å². The van der Waals surface area contributed by atoms with Crippen LogP contribution in [0.15, 0.2) is 41.9 Å². The first-order valence-electron chi connectivity index (χ1n) is 10.4. The summed E-state index contributed by atoms with van der Waals surface area (Å²) in [4.78, 5) is 21.3. The first-order chi connectivity index (χ1) is 15.0. The van der Waals surface area contributed by atoms with Crippen molar-refractivity contribution < 1.29 is 4.79 Å². The molecule has 0 bridgehead atoms. The van der Waals surface area contributed by atoms with Gasteiger partial charge in [0, 0.05) is 49.4 Å². The third kappa shape index (κ3) is 5.17. The maximum atomic E-state index is 12.8. The van der Waals surface area contributed by atoms with E-state index in [-0.39, 0.29) is 5.91 Å². The van der Waals surface area contributed by atoms with Gasteiger partial charge < -0.3 is 9.80 Å². The SMILES string of the molecule is Cc1ccc(Cn2nc(C)c(/C=C/C(=O)N3CCCN(c4nccs4)CC3)c2Cl)cc1. The fourth-order valence-corrected chi connectivity index (χ4v) is 4.68. The number of halogens is 1. The lowest BCUT2D eigenvalue weighted by Crippen LogP contribution is -2.34. The van der Waals surface area contributed by atoms with Crippen LogP contribution in [0.3, 0.4) is 0 Å². The summed E-state index contributed by atoms with van der Waals surface area (Å²) < 4.78 is 1.78. The van der Waals surface area contributed by atoms with Crippen LogP contribution in [0.4, 0.5) is 5.13 Å². The number of hydrogen-bond donors (Lipinski definition) is 0. The van der Waals surface area contributed by atoms with E-state index in [0.717, 1.165) is 48.0 Å². The van der Waals surface area contributed by atoms with Crippen molar-refractivity contribution in [1.82, 2.24) is 19.7 Å². The number of hydrogen-bond acceptors (Lipinski definition) is 5. The lowest BCUT2D eigenvalue weighted by molar-refractivity contribution is -0.125. The molecular weight excluding hydrogens is 430 g/mol. The van der Waals surface area contributed by atoms with Crippen LogP contribution in [0.5, 0.6) is 0 Å². The van der Waals surface area contributed by atoms with Gasteiger partial charge in [0.25, 0.3) is 0 Å². The van der Waals surface area contributed by atoms with E-state index in [0.29, 0.717) is 18.2 Å². The van der Waals surface area contributed by atoms with E-state index in [1.54, 1.807) is 28.2 Å². The molecule has 1 aliphatic heterocycles. The molecule has 0 N–H and O–H groups in total. The second-order valence-corrected chi connectivity index (χ2v) is 8.98. The Balaban J connectivity index is 1.41. The number of rotatable bonds is 5. The summed E-state index contributed by atoms with van der Waals surface area (Å²) in [5.74, 6) is 0.00254. The molecule has 8 heteroatoms. The summed E-state index contributed by atoms with van der Waals surface area (Å²) in [5.41, 5.74) is 3.96. The highest BCUT2D eigenvalue weighted by atomic mass is 35.5. The van der Waals surface area contributed by atoms with Gasteiger partial charge in [-0.15, -0.1) is 11.3 Å². The van der Waals surface area contributed by atoms with E-state index in [1.165, 1.54) is 5.56 Å². The van der Waals surface area contributed by atoms with Gasteiger partial charge in [-0.1, -0.05) is 41.4 Å². The predicted octanol–water partition coefficient (Wildman–Crippen LogP) is 4.41. The Morgan fingerprint density at radius 2 is 1.97 bits per heavy atom. The first-order valence-corrected chi connectivity index (χ1v) is 11.7. The Bertz CT molecular complexity index is 1060. The van der Waals surface area contributed by atoms with Gasteiger partial charge in [0.1, 0.15) is 5.15 Å². The molecule has 0 unspecified atom stereocenters. The van der Waals surface area contributed by atoms with Gasteiger partial charge in [-0.3, -0.25) is 4.79 Å². The maximum Gasteiger partial charge on any atom is 0.246 e. The van der Waals surface area contributed by atoms with Gasteiger partial charge in [0.2, 0.25) is 5.91 Å². The van der Waals surface area contributed by atoms with Crippen molar-refractivity contribution in [3.05, 3.63) is 69.5 Å². The smallest absolute Gasteiger partial charge is 0.246 e. The van der Waals surface area contributed by atoms with Gasteiger partial charge in [0.15, 0.2) is 5.13 Å². The number of carbonyl (C=O) groups is 1. The molecule has 4 rings (SSSR count). The second-order valence-electron chi connectivity index (χ2n) is 7.75. The molecule has 1 aliphatic rings. The van der Waals surface area contributed by atoms with Crippen LogP contribution >= 0.6 is 22.9 Å². The largest absolute Gasteiger partial charge is 0.346 e. The zero-order valence-electron chi connectivity index (χ0n) is 17.8. The average Bonchev–Trinajstić information content (AvgIpc) is 3.29. The van der Waals surface area contributed by atoms with Gasteiger partial charge >= 0.3 is 0 Å². The molecule has 0 spiro atoms. The summed E-state index contributed by atoms with van der Waals surface area (Å²) in [6.07, 6.45) is 6.16. The van der Waals surface area contributed by atoms with Crippen LogP contribution in [0.2, 0.25) is 5.15 Å². The van der Waals surface area contributed by atoms with Gasteiger partial charge in [-0.2, -0.15) is 5.10 Å². The predicted molar refractivity (Wildman–Crippen MR) is 127 cm³/mol. The highest BCUT2D eigenvalue weighted by molar-refractivity contribution is 7.13. The lowest BCUT2D eigenvalue weighted by atomic mass is 10.1. The molecule has 3 heterocycles. The van der Waals surface area contributed by atoms with Crippen molar-refractivity contribution in [2.45, 2.75) is 26.8 Å². The quantitative estimate of drug-likeness (QED) is 0.535. The van der Waals surface area contributed by atoms with E-state index in [9.17, 15) is 4.79 Å². The van der Waals surface area contributed by atoms with Crippen molar-refractivity contribution in [2.24, 2.45) is 0 Å². The van der Waals surface area contributed by atoms with E-state index >= 15 is 0 Å². The third-order valence-electron chi connectivity index (χ3n) is 5.45. The van der Waals surface area contributed by atoms with E-state index in [4.69, 9.17) is 11.6 Å². The summed E-state index contributed by atoms with van der Waals surface area (Å²) in [7, 11) is 0. The monoisotopic (exact) mass is 455 g/mol. The Labute approximate surface area is 191 Å². The molecule has 0 aliphatic carbocycles. The number of carbonyl (C=O) groups excluding carboxylic acids is 1. The van der Waals surface area contributed by atoms with E-state index in [1.807, 2.05) is 23.4 Å². The molecule has 1 saturated heterocycles. The minimum Gasteiger partial charge on any atom is -0.346 e. The molecule has 0 saturated carbocycles. The fourth-order valence-electron chi connectivity index (χ4n) is 3.69. The fraction of sp³-hybridized carbons (Fsp3) is 0.348. The Morgan fingerprint density at radius 1 is 1.16 bits per heavy atom. The second kappa shape index (κ2) is 9.66. The minimum atomic E-state index is 0.00254. The molecule has 6 nitrogen and oxygen atoms in total. The molecular formula is C23H26ClN5OS. The molecule has 1 amide bonds. The number of nitrogens with zero attached hydrogens (tertiary/aromatic N) is 5. The molecule has 2 aromatic heterocycles.